The Morgan fingerprint density at radius 3 is 2.43 bits per heavy atom. The first-order valence-electron chi connectivity index (χ1n) is 8.63. The molecule has 0 heterocycles. The number of hydrogen-bond donors (Lipinski definition) is 2. The number of carbonyl (C=O) groups is 3. The van der Waals surface area contributed by atoms with Crippen LogP contribution in [0.2, 0.25) is 0 Å². The van der Waals surface area contributed by atoms with Gasteiger partial charge in [-0.3, -0.25) is 10.1 Å². The smallest absolute Gasteiger partial charge is 0.338 e. The van der Waals surface area contributed by atoms with Crippen LogP contribution in [0.4, 0.5) is 4.79 Å². The van der Waals surface area contributed by atoms with E-state index in [4.69, 9.17) is 14.2 Å². The van der Waals surface area contributed by atoms with Crippen molar-refractivity contribution >= 4 is 17.9 Å². The number of carbonyl (C=O) groups excluding carboxylic acids is 3. The van der Waals surface area contributed by atoms with E-state index < -0.39 is 24.5 Å². The standard InChI is InChI=1S/C20H22N2O6/c1-3-27-16-10-9-15(11-17(16)26-2)19(24)28-13-18(23)22-20(25)21-12-14-7-5-4-6-8-14/h4-11H,3,12-13H2,1-2H3,(H2,21,22,23,25). The zero-order chi connectivity index (χ0) is 20.4. The van der Waals surface area contributed by atoms with Crippen molar-refractivity contribution < 1.29 is 28.6 Å². The molecule has 0 spiro atoms. The summed E-state index contributed by atoms with van der Waals surface area (Å²) < 4.78 is 15.5. The Labute approximate surface area is 162 Å². The number of ether oxygens (including phenoxy) is 3. The summed E-state index contributed by atoms with van der Waals surface area (Å²) in [6, 6.07) is 13.1. The molecule has 0 aliphatic rings. The average Bonchev–Trinajstić information content (AvgIpc) is 2.71. The summed E-state index contributed by atoms with van der Waals surface area (Å²) in [6.45, 7) is 1.96. The molecule has 8 heteroatoms. The zero-order valence-electron chi connectivity index (χ0n) is 15.7. The van der Waals surface area contributed by atoms with Crippen molar-refractivity contribution in [2.75, 3.05) is 20.3 Å². The van der Waals surface area contributed by atoms with Crippen molar-refractivity contribution in [2.45, 2.75) is 13.5 Å². The molecule has 2 N–H and O–H groups in total. The van der Waals surface area contributed by atoms with Gasteiger partial charge in [0.2, 0.25) is 0 Å². The third-order valence-electron chi connectivity index (χ3n) is 3.58. The Morgan fingerprint density at radius 1 is 1.00 bits per heavy atom. The molecular weight excluding hydrogens is 364 g/mol. The molecule has 0 aromatic heterocycles. The van der Waals surface area contributed by atoms with Gasteiger partial charge in [-0.15, -0.1) is 0 Å². The Balaban J connectivity index is 1.80. The van der Waals surface area contributed by atoms with Crippen molar-refractivity contribution in [1.29, 1.82) is 0 Å². The van der Waals surface area contributed by atoms with Gasteiger partial charge >= 0.3 is 12.0 Å². The second kappa shape index (κ2) is 10.6. The molecular formula is C20H22N2O6. The van der Waals surface area contributed by atoms with Crippen molar-refractivity contribution in [3.8, 4) is 11.5 Å². The molecule has 2 aromatic carbocycles. The molecule has 0 saturated carbocycles. The van der Waals surface area contributed by atoms with E-state index in [1.165, 1.54) is 19.2 Å². The van der Waals surface area contributed by atoms with Crippen LogP contribution in [0.3, 0.4) is 0 Å². The summed E-state index contributed by atoms with van der Waals surface area (Å²) in [5, 5.41) is 4.64. The first-order valence-corrected chi connectivity index (χ1v) is 8.63. The lowest BCUT2D eigenvalue weighted by Crippen LogP contribution is -2.41. The van der Waals surface area contributed by atoms with Crippen LogP contribution < -0.4 is 20.1 Å². The van der Waals surface area contributed by atoms with Crippen LogP contribution in [0, 0.1) is 0 Å². The average molecular weight is 386 g/mol. The predicted octanol–water partition coefficient (Wildman–Crippen LogP) is 2.28. The number of amides is 3. The molecule has 2 rings (SSSR count). The predicted molar refractivity (Wildman–Crippen MR) is 101 cm³/mol. The maximum atomic E-state index is 12.1. The van der Waals surface area contributed by atoms with Gasteiger partial charge < -0.3 is 19.5 Å². The second-order valence-electron chi connectivity index (χ2n) is 5.59. The Hall–Kier alpha value is -3.55. The van der Waals surface area contributed by atoms with Crippen LogP contribution in [0.25, 0.3) is 0 Å². The highest BCUT2D eigenvalue weighted by Crippen LogP contribution is 2.28. The fourth-order valence-electron chi connectivity index (χ4n) is 2.27. The summed E-state index contributed by atoms with van der Waals surface area (Å²) in [5.41, 5.74) is 1.09. The van der Waals surface area contributed by atoms with Crippen molar-refractivity contribution in [1.82, 2.24) is 10.6 Å². The Bertz CT molecular complexity index is 823. The first kappa shape index (κ1) is 20.8. The zero-order valence-corrected chi connectivity index (χ0v) is 15.7. The molecule has 0 bridgehead atoms. The Kier molecular flexibility index (Phi) is 7.83. The number of hydrogen-bond acceptors (Lipinski definition) is 6. The van der Waals surface area contributed by atoms with Gasteiger partial charge in [0.15, 0.2) is 18.1 Å². The van der Waals surface area contributed by atoms with E-state index in [0.717, 1.165) is 5.56 Å². The lowest BCUT2D eigenvalue weighted by atomic mass is 10.2. The fraction of sp³-hybridized carbons (Fsp3) is 0.250. The molecule has 0 fully saturated rings. The van der Waals surface area contributed by atoms with E-state index in [9.17, 15) is 14.4 Å². The van der Waals surface area contributed by atoms with E-state index in [1.807, 2.05) is 37.3 Å². The summed E-state index contributed by atoms with van der Waals surface area (Å²) in [7, 11) is 1.45. The highest BCUT2D eigenvalue weighted by Gasteiger charge is 2.15. The van der Waals surface area contributed by atoms with E-state index in [1.54, 1.807) is 6.07 Å². The molecule has 148 valence electrons. The number of methoxy groups -OCH3 is 1. The third-order valence-corrected chi connectivity index (χ3v) is 3.58. The van der Waals surface area contributed by atoms with E-state index in [-0.39, 0.29) is 12.1 Å². The lowest BCUT2D eigenvalue weighted by Gasteiger charge is -2.11. The number of esters is 1. The normalized spacial score (nSPS) is 9.93. The van der Waals surface area contributed by atoms with Crippen LogP contribution in [-0.2, 0) is 16.1 Å². The molecule has 0 unspecified atom stereocenters. The van der Waals surface area contributed by atoms with Gasteiger partial charge in [0, 0.05) is 6.54 Å². The SMILES string of the molecule is CCOc1ccc(C(=O)OCC(=O)NC(=O)NCc2ccccc2)cc1OC. The number of rotatable bonds is 8. The third kappa shape index (κ3) is 6.31. The van der Waals surface area contributed by atoms with Gasteiger partial charge in [0.25, 0.3) is 5.91 Å². The fourth-order valence-corrected chi connectivity index (χ4v) is 2.27. The molecule has 0 radical (unpaired) electrons. The Morgan fingerprint density at radius 2 is 1.75 bits per heavy atom. The number of nitrogens with one attached hydrogen (secondary N) is 2. The van der Waals surface area contributed by atoms with Crippen LogP contribution in [0.5, 0.6) is 11.5 Å². The molecule has 2 aromatic rings. The van der Waals surface area contributed by atoms with Gasteiger partial charge in [0.05, 0.1) is 19.3 Å². The summed E-state index contributed by atoms with van der Waals surface area (Å²) in [5.74, 6) is -0.589. The number of benzene rings is 2. The van der Waals surface area contributed by atoms with E-state index in [0.29, 0.717) is 18.1 Å². The van der Waals surface area contributed by atoms with Crippen LogP contribution in [0.1, 0.15) is 22.8 Å². The maximum absolute atomic E-state index is 12.1. The van der Waals surface area contributed by atoms with Gasteiger partial charge in [-0.25, -0.2) is 9.59 Å². The number of imide groups is 1. The minimum Gasteiger partial charge on any atom is -0.493 e. The van der Waals surface area contributed by atoms with Gasteiger partial charge in [-0.2, -0.15) is 0 Å². The highest BCUT2D eigenvalue weighted by atomic mass is 16.5. The van der Waals surface area contributed by atoms with Crippen LogP contribution >= 0.6 is 0 Å². The quantitative estimate of drug-likeness (QED) is 0.675. The second-order valence-corrected chi connectivity index (χ2v) is 5.59. The van der Waals surface area contributed by atoms with Gasteiger partial charge in [-0.05, 0) is 30.7 Å². The monoisotopic (exact) mass is 386 g/mol. The lowest BCUT2D eigenvalue weighted by molar-refractivity contribution is -0.123. The van der Waals surface area contributed by atoms with Crippen molar-refractivity contribution in [3.63, 3.8) is 0 Å². The van der Waals surface area contributed by atoms with Gasteiger partial charge in [-0.1, -0.05) is 30.3 Å². The maximum Gasteiger partial charge on any atom is 0.338 e. The summed E-state index contributed by atoms with van der Waals surface area (Å²) >= 11 is 0. The molecule has 3 amide bonds. The van der Waals surface area contributed by atoms with Crippen LogP contribution in [0.15, 0.2) is 48.5 Å². The molecule has 28 heavy (non-hydrogen) atoms. The van der Waals surface area contributed by atoms with Crippen LogP contribution in [-0.4, -0.2) is 38.2 Å². The largest absolute Gasteiger partial charge is 0.493 e. The summed E-state index contributed by atoms with van der Waals surface area (Å²) in [4.78, 5) is 35.6. The van der Waals surface area contributed by atoms with E-state index in [2.05, 4.69) is 10.6 Å². The molecule has 0 saturated heterocycles. The molecule has 0 aliphatic carbocycles. The first-order chi connectivity index (χ1) is 13.5. The minimum atomic E-state index is -0.739. The van der Waals surface area contributed by atoms with Gasteiger partial charge in [0.1, 0.15) is 0 Å². The summed E-state index contributed by atoms with van der Waals surface area (Å²) in [6.07, 6.45) is 0. The molecule has 8 nitrogen and oxygen atoms in total. The highest BCUT2D eigenvalue weighted by molar-refractivity contribution is 5.97. The molecule has 0 aliphatic heterocycles. The van der Waals surface area contributed by atoms with Crippen molar-refractivity contribution in [2.24, 2.45) is 0 Å². The number of urea groups is 1. The topological polar surface area (TPSA) is 103 Å². The van der Waals surface area contributed by atoms with E-state index >= 15 is 0 Å². The molecule has 0 atom stereocenters. The minimum absolute atomic E-state index is 0.196. The van der Waals surface area contributed by atoms with Crippen molar-refractivity contribution in [3.05, 3.63) is 59.7 Å².